The number of thioether (sulfide) groups is 1. The van der Waals surface area contributed by atoms with Gasteiger partial charge in [-0.2, -0.15) is 0 Å². The van der Waals surface area contributed by atoms with Crippen molar-refractivity contribution in [2.75, 3.05) is 26.7 Å². The number of allylic oxidation sites excluding steroid dienone is 1. The summed E-state index contributed by atoms with van der Waals surface area (Å²) >= 11 is 1.42. The number of aliphatic imine (C=N–C) groups is 1. The minimum Gasteiger partial charge on any atom is -0.507 e. The third-order valence-electron chi connectivity index (χ3n) is 9.03. The van der Waals surface area contributed by atoms with Crippen molar-refractivity contribution >= 4 is 41.9 Å². The van der Waals surface area contributed by atoms with Gasteiger partial charge < -0.3 is 29.5 Å². The molecule has 0 spiro atoms. The van der Waals surface area contributed by atoms with Gasteiger partial charge in [-0.05, 0) is 75.4 Å². The molecule has 4 aliphatic heterocycles. The molecule has 0 radical (unpaired) electrons. The quantitative estimate of drug-likeness (QED) is 0.236. The third kappa shape index (κ3) is 6.89. The predicted octanol–water partition coefficient (Wildman–Crippen LogP) is 4.22. The average molecular weight is 689 g/mol. The second kappa shape index (κ2) is 13.6. The van der Waals surface area contributed by atoms with Crippen LogP contribution in [-0.2, 0) is 25.5 Å². The Labute approximate surface area is 289 Å². The Morgan fingerprint density at radius 2 is 1.82 bits per heavy atom. The van der Waals surface area contributed by atoms with E-state index in [1.54, 1.807) is 41.2 Å². The number of carboxylic acid groups (broad SMARTS) is 1. The summed E-state index contributed by atoms with van der Waals surface area (Å²) in [6.45, 7) is 6.69. The Morgan fingerprint density at radius 1 is 1.08 bits per heavy atom. The molecule has 6 rings (SSSR count). The van der Waals surface area contributed by atoms with E-state index in [2.05, 4.69) is 4.99 Å². The summed E-state index contributed by atoms with van der Waals surface area (Å²) in [5, 5.41) is 19.7. The number of β-lactam (4-membered cyclic amide) rings is 1. The van der Waals surface area contributed by atoms with Gasteiger partial charge in [0.05, 0.1) is 13.2 Å². The third-order valence-corrected chi connectivity index (χ3v) is 10.5. The maximum absolute atomic E-state index is 13.8. The molecule has 0 bridgehead atoms. The van der Waals surface area contributed by atoms with Crippen molar-refractivity contribution in [2.24, 2.45) is 4.99 Å². The van der Waals surface area contributed by atoms with Crippen molar-refractivity contribution < 1.29 is 38.9 Å². The smallest absolute Gasteiger partial charge is 0.410 e. The first kappa shape index (κ1) is 34.1. The number of benzene rings is 2. The number of rotatable bonds is 8. The Balaban J connectivity index is 1.30. The highest BCUT2D eigenvalue weighted by Crippen LogP contribution is 2.48. The zero-order valence-electron chi connectivity index (χ0n) is 27.9. The summed E-state index contributed by atoms with van der Waals surface area (Å²) < 4.78 is 11.1. The maximum Gasteiger partial charge on any atom is 0.410 e. The largest absolute Gasteiger partial charge is 0.507 e. The zero-order valence-corrected chi connectivity index (χ0v) is 28.7. The summed E-state index contributed by atoms with van der Waals surface area (Å²) in [6, 6.07) is 13.1. The van der Waals surface area contributed by atoms with E-state index in [0.717, 1.165) is 5.56 Å². The van der Waals surface area contributed by atoms with Crippen LogP contribution in [0.2, 0.25) is 0 Å². The fourth-order valence-corrected chi connectivity index (χ4v) is 8.26. The Hall–Kier alpha value is -4.78. The minimum absolute atomic E-state index is 0.0192. The number of hydrogen-bond donors (Lipinski definition) is 2. The Morgan fingerprint density at radius 3 is 2.53 bits per heavy atom. The molecule has 3 saturated heterocycles. The average Bonchev–Trinajstić information content (AvgIpc) is 3.68. The second-order valence-corrected chi connectivity index (χ2v) is 14.7. The summed E-state index contributed by atoms with van der Waals surface area (Å²) in [5.41, 5.74) is 1.33. The van der Waals surface area contributed by atoms with Crippen molar-refractivity contribution in [3.63, 3.8) is 0 Å². The van der Waals surface area contributed by atoms with Crippen LogP contribution in [0.5, 0.6) is 11.5 Å². The molecule has 2 unspecified atom stereocenters. The number of carbonyl (C=O) groups excluding carboxylic acids is 3. The number of carboxylic acids is 1. The first-order valence-electron chi connectivity index (χ1n) is 16.2. The second-order valence-electron chi connectivity index (χ2n) is 13.4. The number of hydrogen-bond acceptors (Lipinski definition) is 9. The van der Waals surface area contributed by atoms with E-state index < -0.39 is 40.2 Å². The van der Waals surface area contributed by atoms with E-state index in [0.29, 0.717) is 61.4 Å². The molecule has 0 aliphatic carbocycles. The molecule has 258 valence electrons. The van der Waals surface area contributed by atoms with Crippen LogP contribution in [0, 0.1) is 0 Å². The summed E-state index contributed by atoms with van der Waals surface area (Å²) in [7, 11) is 1.57. The number of para-hydroxylation sites is 2. The highest BCUT2D eigenvalue weighted by atomic mass is 32.2. The number of fused-ring (bicyclic) bond motifs is 1. The SMILES string of the molecule is COc1ccccc1CC1SC2[C@H](N=Cc3ccccc3O)C(=O)N2C(C(=O)O)=C1/C=C1\CCN([C@@H]2CCN(C(=O)OC(C)(C)C)C2)C1=O. The number of carbonyl (C=O) groups is 4. The van der Waals surface area contributed by atoms with E-state index in [-0.39, 0.29) is 23.4 Å². The standard InChI is InChI=1S/C36H40N4O8S/c1-36(2,3)48-35(46)38-15-14-24(20-38)39-16-13-22(31(39)42)17-25-28(18-21-9-6-8-12-27(21)47-4)49-33-29(32(43)40(33)30(25)34(44)45)37-19-23-10-5-7-11-26(23)41/h5-12,17,19,24,28-29,33,41H,13-16,18,20H2,1-4H3,(H,44,45)/b22-17+,37-19?/t24-,28?,29-,33?/m1/s1. The highest BCUT2D eigenvalue weighted by molar-refractivity contribution is 8.00. The van der Waals surface area contributed by atoms with Crippen molar-refractivity contribution in [2.45, 2.75) is 68.3 Å². The fourth-order valence-electron chi connectivity index (χ4n) is 6.66. The van der Waals surface area contributed by atoms with Crippen LogP contribution in [0.4, 0.5) is 4.79 Å². The molecule has 2 aromatic rings. The lowest BCUT2D eigenvalue weighted by atomic mass is 9.95. The summed E-state index contributed by atoms with van der Waals surface area (Å²) in [4.78, 5) is 62.1. The summed E-state index contributed by atoms with van der Waals surface area (Å²) in [5.74, 6) is -1.29. The van der Waals surface area contributed by atoms with Gasteiger partial charge in [0.25, 0.3) is 5.91 Å². The molecule has 4 heterocycles. The van der Waals surface area contributed by atoms with Gasteiger partial charge in [-0.25, -0.2) is 9.59 Å². The van der Waals surface area contributed by atoms with Crippen molar-refractivity contribution in [1.29, 1.82) is 0 Å². The van der Waals surface area contributed by atoms with Crippen LogP contribution < -0.4 is 4.74 Å². The van der Waals surface area contributed by atoms with E-state index in [1.807, 2.05) is 45.0 Å². The molecule has 3 fully saturated rings. The molecule has 2 aromatic carbocycles. The molecule has 4 atom stereocenters. The molecular formula is C36H40N4O8S. The van der Waals surface area contributed by atoms with Gasteiger partial charge in [0.2, 0.25) is 5.91 Å². The van der Waals surface area contributed by atoms with E-state index in [1.165, 1.54) is 28.9 Å². The lowest BCUT2D eigenvalue weighted by Crippen LogP contribution is -2.65. The monoisotopic (exact) mass is 688 g/mol. The van der Waals surface area contributed by atoms with Gasteiger partial charge in [0.15, 0.2) is 6.04 Å². The summed E-state index contributed by atoms with van der Waals surface area (Å²) in [6.07, 6.45) is 4.07. The highest BCUT2D eigenvalue weighted by Gasteiger charge is 2.55. The van der Waals surface area contributed by atoms with Crippen LogP contribution in [0.1, 0.15) is 44.7 Å². The number of amides is 3. The number of phenols is 1. The molecule has 3 amide bonds. The van der Waals surface area contributed by atoms with Crippen LogP contribution in [0.3, 0.4) is 0 Å². The number of phenolic OH excluding ortho intramolecular Hbond substituents is 1. The molecule has 12 nitrogen and oxygen atoms in total. The minimum atomic E-state index is -1.27. The maximum atomic E-state index is 13.8. The number of aromatic hydroxyl groups is 1. The van der Waals surface area contributed by atoms with Gasteiger partial charge >= 0.3 is 12.1 Å². The van der Waals surface area contributed by atoms with Crippen LogP contribution in [0.25, 0.3) is 0 Å². The van der Waals surface area contributed by atoms with Crippen molar-refractivity contribution in [1.82, 2.24) is 14.7 Å². The van der Waals surface area contributed by atoms with E-state index in [4.69, 9.17) is 9.47 Å². The predicted molar refractivity (Wildman–Crippen MR) is 183 cm³/mol. The lowest BCUT2D eigenvalue weighted by molar-refractivity contribution is -0.147. The molecule has 13 heteroatoms. The molecule has 2 N–H and O–H groups in total. The van der Waals surface area contributed by atoms with Crippen LogP contribution >= 0.6 is 11.8 Å². The van der Waals surface area contributed by atoms with Gasteiger partial charge in [-0.3, -0.25) is 19.5 Å². The molecule has 49 heavy (non-hydrogen) atoms. The van der Waals surface area contributed by atoms with Crippen molar-refractivity contribution in [3.05, 3.63) is 82.6 Å². The molecular weight excluding hydrogens is 648 g/mol. The van der Waals surface area contributed by atoms with E-state index in [9.17, 15) is 29.4 Å². The van der Waals surface area contributed by atoms with Crippen molar-refractivity contribution in [3.8, 4) is 11.5 Å². The number of aliphatic carboxylic acids is 1. The van der Waals surface area contributed by atoms with Gasteiger partial charge in [-0.1, -0.05) is 30.3 Å². The first-order chi connectivity index (χ1) is 23.4. The van der Waals surface area contributed by atoms with Gasteiger partial charge in [0, 0.05) is 42.2 Å². The first-order valence-corrected chi connectivity index (χ1v) is 17.2. The normalized spacial score (nSPS) is 24.9. The fraction of sp³-hybridized carbons (Fsp3) is 0.417. The zero-order chi connectivity index (χ0) is 35.0. The molecule has 0 aromatic heterocycles. The number of methoxy groups -OCH3 is 1. The topological polar surface area (TPSA) is 149 Å². The molecule has 0 saturated carbocycles. The number of ether oxygens (including phenoxy) is 2. The number of likely N-dealkylation sites (tertiary alicyclic amines) is 2. The van der Waals surface area contributed by atoms with E-state index >= 15 is 0 Å². The lowest BCUT2D eigenvalue weighted by Gasteiger charge is -2.49. The molecule has 4 aliphatic rings. The van der Waals surface area contributed by atoms with Crippen LogP contribution in [0.15, 0.2) is 76.4 Å². The Bertz CT molecular complexity index is 1760. The number of nitrogens with zero attached hydrogens (tertiary/aromatic N) is 4. The van der Waals surface area contributed by atoms with Gasteiger partial charge in [-0.15, -0.1) is 11.8 Å². The van der Waals surface area contributed by atoms with Crippen LogP contribution in [-0.4, -0.2) is 110 Å². The van der Waals surface area contributed by atoms with Gasteiger partial charge in [0.1, 0.15) is 28.2 Å². The Kier molecular flexibility index (Phi) is 9.47.